The maximum absolute atomic E-state index is 13.6. The molecule has 0 radical (unpaired) electrons. The van der Waals surface area contributed by atoms with Crippen LogP contribution in [0.3, 0.4) is 0 Å². The van der Waals surface area contributed by atoms with Gasteiger partial charge in [-0.2, -0.15) is 0 Å². The lowest BCUT2D eigenvalue weighted by Crippen LogP contribution is -2.38. The molecule has 4 rings (SSSR count). The third kappa shape index (κ3) is 4.02. The largest absolute Gasteiger partial charge is 0.503 e. The Morgan fingerprint density at radius 1 is 1.18 bits per heavy atom. The van der Waals surface area contributed by atoms with Gasteiger partial charge in [0.25, 0.3) is 5.91 Å². The number of amides is 1. The number of benzene rings is 1. The van der Waals surface area contributed by atoms with Gasteiger partial charge in [0, 0.05) is 18.5 Å². The maximum Gasteiger partial charge on any atom is 0.290 e. The number of carbonyl (C=O) groups is 2. The van der Waals surface area contributed by atoms with Gasteiger partial charge in [0.1, 0.15) is 17.6 Å². The predicted octanol–water partition coefficient (Wildman–Crippen LogP) is 4.26. The summed E-state index contributed by atoms with van der Waals surface area (Å²) >= 11 is 0. The molecule has 0 bridgehead atoms. The molecule has 1 amide bonds. The van der Waals surface area contributed by atoms with Crippen LogP contribution in [0.4, 0.5) is 0 Å². The Balaban J connectivity index is 1.74. The number of ether oxygens (including phenoxy) is 1. The Hall–Kier alpha value is -3.52. The number of Topliss-reactive ketones (excluding diaryl/α,β-unsaturated/α-hetero) is 1. The summed E-state index contributed by atoms with van der Waals surface area (Å²) < 4.78 is 16.9. The highest BCUT2D eigenvalue weighted by molar-refractivity contribution is 6.16. The normalized spacial score (nSPS) is 16.5. The minimum absolute atomic E-state index is 0.0164. The van der Waals surface area contributed by atoms with E-state index < -0.39 is 23.5 Å². The number of rotatable bonds is 9. The van der Waals surface area contributed by atoms with E-state index in [-0.39, 0.29) is 11.3 Å². The second-order valence-electron chi connectivity index (χ2n) is 7.96. The van der Waals surface area contributed by atoms with Crippen molar-refractivity contribution in [2.75, 3.05) is 33.3 Å². The average molecular weight is 453 g/mol. The van der Waals surface area contributed by atoms with E-state index in [0.717, 1.165) is 13.1 Å². The zero-order chi connectivity index (χ0) is 23.7. The molecule has 174 valence electrons. The van der Waals surface area contributed by atoms with Gasteiger partial charge in [-0.1, -0.05) is 26.0 Å². The van der Waals surface area contributed by atoms with Crippen LogP contribution in [-0.4, -0.2) is 59.9 Å². The quantitative estimate of drug-likeness (QED) is 0.485. The third-order valence-electron chi connectivity index (χ3n) is 6.08. The molecule has 1 aromatic carbocycles. The second kappa shape index (κ2) is 9.15. The summed E-state index contributed by atoms with van der Waals surface area (Å²) in [5.41, 5.74) is 0.378. The Labute approximate surface area is 192 Å². The van der Waals surface area contributed by atoms with E-state index in [9.17, 15) is 14.7 Å². The van der Waals surface area contributed by atoms with Crippen molar-refractivity contribution < 1.29 is 28.3 Å². The minimum Gasteiger partial charge on any atom is -0.503 e. The molecule has 3 heterocycles. The average Bonchev–Trinajstić information content (AvgIpc) is 3.51. The lowest BCUT2D eigenvalue weighted by Gasteiger charge is -2.27. The van der Waals surface area contributed by atoms with E-state index in [2.05, 4.69) is 4.90 Å². The van der Waals surface area contributed by atoms with Gasteiger partial charge in [-0.3, -0.25) is 9.59 Å². The number of methoxy groups -OCH3 is 1. The van der Waals surface area contributed by atoms with Crippen LogP contribution in [0.5, 0.6) is 5.75 Å². The lowest BCUT2D eigenvalue weighted by molar-refractivity contribution is -0.129. The van der Waals surface area contributed by atoms with E-state index >= 15 is 0 Å². The summed E-state index contributed by atoms with van der Waals surface area (Å²) in [5, 5.41) is 11.5. The summed E-state index contributed by atoms with van der Waals surface area (Å²) in [6.07, 6.45) is 0. The standard InChI is InChI=1S/C25H28N2O6/c1-5-26(6-2)12-13-27-21(17-11-10-15(3)32-17)20(23(29)25(27)30)22(28)19-14-16-8-7-9-18(31-4)24(16)33-19/h7-11,14,21,29H,5-6,12-13H2,1-4H3/t21-/m0/s1. The highest BCUT2D eigenvalue weighted by Crippen LogP contribution is 2.40. The topological polar surface area (TPSA) is 96.4 Å². The van der Waals surface area contributed by atoms with Crippen LogP contribution in [0.1, 0.15) is 42.0 Å². The highest BCUT2D eigenvalue weighted by atomic mass is 16.5. The van der Waals surface area contributed by atoms with Crippen molar-refractivity contribution in [2.45, 2.75) is 26.8 Å². The SMILES string of the molecule is CCN(CC)CCN1C(=O)C(O)=C(C(=O)c2cc3cccc(OC)c3o2)[C@@H]1c1ccc(C)o1. The van der Waals surface area contributed by atoms with Crippen molar-refractivity contribution >= 4 is 22.7 Å². The first-order valence-electron chi connectivity index (χ1n) is 11.0. The van der Waals surface area contributed by atoms with Crippen molar-refractivity contribution in [1.29, 1.82) is 0 Å². The molecule has 2 aromatic heterocycles. The molecule has 0 unspecified atom stereocenters. The Morgan fingerprint density at radius 3 is 2.58 bits per heavy atom. The van der Waals surface area contributed by atoms with Crippen LogP contribution in [0.15, 0.2) is 56.6 Å². The summed E-state index contributed by atoms with van der Waals surface area (Å²) in [6.45, 7) is 8.47. The summed E-state index contributed by atoms with van der Waals surface area (Å²) in [4.78, 5) is 30.3. The first-order chi connectivity index (χ1) is 15.9. The van der Waals surface area contributed by atoms with Gasteiger partial charge in [0.05, 0.1) is 12.7 Å². The van der Waals surface area contributed by atoms with Crippen LogP contribution in [-0.2, 0) is 4.79 Å². The first-order valence-corrected chi connectivity index (χ1v) is 11.0. The molecular weight excluding hydrogens is 424 g/mol. The Bertz CT molecular complexity index is 1220. The molecule has 1 aliphatic heterocycles. The number of likely N-dealkylation sites (N-methyl/N-ethyl adjacent to an activating group) is 1. The molecule has 0 aliphatic carbocycles. The molecule has 0 fully saturated rings. The number of aliphatic hydroxyl groups excluding tert-OH is 1. The molecule has 0 saturated carbocycles. The maximum atomic E-state index is 13.6. The number of hydrogen-bond acceptors (Lipinski definition) is 7. The van der Waals surface area contributed by atoms with Crippen molar-refractivity contribution in [3.63, 3.8) is 0 Å². The van der Waals surface area contributed by atoms with Gasteiger partial charge < -0.3 is 28.5 Å². The number of nitrogens with zero attached hydrogens (tertiary/aromatic N) is 2. The van der Waals surface area contributed by atoms with Crippen molar-refractivity contribution in [3.8, 4) is 5.75 Å². The number of fused-ring (bicyclic) bond motifs is 1. The molecule has 1 atom stereocenters. The number of para-hydroxylation sites is 1. The molecule has 8 heteroatoms. The molecule has 33 heavy (non-hydrogen) atoms. The van der Waals surface area contributed by atoms with Crippen LogP contribution in [0, 0.1) is 6.92 Å². The molecule has 1 aliphatic rings. The summed E-state index contributed by atoms with van der Waals surface area (Å²) in [6, 6.07) is 9.58. The van der Waals surface area contributed by atoms with Gasteiger partial charge in [0.2, 0.25) is 5.78 Å². The Morgan fingerprint density at radius 2 is 1.94 bits per heavy atom. The molecule has 8 nitrogen and oxygen atoms in total. The highest BCUT2D eigenvalue weighted by Gasteiger charge is 2.46. The van der Waals surface area contributed by atoms with Crippen LogP contribution >= 0.6 is 0 Å². The van der Waals surface area contributed by atoms with Gasteiger partial charge in [-0.25, -0.2) is 0 Å². The fourth-order valence-corrected chi connectivity index (χ4v) is 4.24. The van der Waals surface area contributed by atoms with Crippen LogP contribution in [0.2, 0.25) is 0 Å². The number of aryl methyl sites for hydroxylation is 1. The lowest BCUT2D eigenvalue weighted by atomic mass is 9.99. The summed E-state index contributed by atoms with van der Waals surface area (Å²) in [5.74, 6) is -0.170. The fraction of sp³-hybridized carbons (Fsp3) is 0.360. The molecule has 0 saturated heterocycles. The van der Waals surface area contributed by atoms with Crippen LogP contribution in [0.25, 0.3) is 11.0 Å². The van der Waals surface area contributed by atoms with E-state index in [1.54, 1.807) is 43.3 Å². The second-order valence-corrected chi connectivity index (χ2v) is 7.96. The van der Waals surface area contributed by atoms with Gasteiger partial charge in [-0.05, 0) is 44.3 Å². The van der Waals surface area contributed by atoms with Crippen molar-refractivity contribution in [1.82, 2.24) is 9.80 Å². The van der Waals surface area contributed by atoms with Gasteiger partial charge in [0.15, 0.2) is 22.9 Å². The number of aliphatic hydroxyl groups is 1. The monoisotopic (exact) mass is 452 g/mol. The number of carbonyl (C=O) groups excluding carboxylic acids is 2. The minimum atomic E-state index is -0.843. The zero-order valence-corrected chi connectivity index (χ0v) is 19.3. The first kappa shape index (κ1) is 22.7. The third-order valence-corrected chi connectivity index (χ3v) is 6.08. The van der Waals surface area contributed by atoms with Gasteiger partial charge >= 0.3 is 0 Å². The fourth-order valence-electron chi connectivity index (χ4n) is 4.24. The molecule has 3 aromatic rings. The molecular formula is C25H28N2O6. The predicted molar refractivity (Wildman–Crippen MR) is 122 cm³/mol. The van der Waals surface area contributed by atoms with Crippen molar-refractivity contribution in [2.24, 2.45) is 0 Å². The number of furan rings is 2. The van der Waals surface area contributed by atoms with Crippen molar-refractivity contribution in [3.05, 3.63) is 65.0 Å². The van der Waals surface area contributed by atoms with E-state index in [1.807, 2.05) is 13.8 Å². The van der Waals surface area contributed by atoms with E-state index in [4.69, 9.17) is 13.6 Å². The number of hydrogen-bond donors (Lipinski definition) is 1. The van der Waals surface area contributed by atoms with Gasteiger partial charge in [-0.15, -0.1) is 0 Å². The van der Waals surface area contributed by atoms with E-state index in [1.165, 1.54) is 12.0 Å². The van der Waals surface area contributed by atoms with E-state index in [0.29, 0.717) is 41.3 Å². The number of ketones is 1. The molecule has 1 N–H and O–H groups in total. The smallest absolute Gasteiger partial charge is 0.290 e. The summed E-state index contributed by atoms with van der Waals surface area (Å²) in [7, 11) is 1.52. The molecule has 0 spiro atoms. The Kier molecular flexibility index (Phi) is 6.29. The zero-order valence-electron chi connectivity index (χ0n) is 19.3. The van der Waals surface area contributed by atoms with Crippen LogP contribution < -0.4 is 4.74 Å².